The van der Waals surface area contributed by atoms with Gasteiger partial charge in [-0.25, -0.2) is 0 Å². The average molecular weight is 230 g/mol. The van der Waals surface area contributed by atoms with Gasteiger partial charge in [0, 0.05) is 19.0 Å². The molecule has 1 aromatic rings. The largest absolute Gasteiger partial charge is 0.340 e. The summed E-state index contributed by atoms with van der Waals surface area (Å²) in [4.78, 5) is 14.1. The lowest BCUT2D eigenvalue weighted by atomic mass is 9.99. The van der Waals surface area contributed by atoms with E-state index in [1.54, 1.807) is 0 Å². The lowest BCUT2D eigenvalue weighted by Crippen LogP contribution is -2.44. The molecule has 1 amide bonds. The van der Waals surface area contributed by atoms with Crippen LogP contribution in [0, 0.1) is 0 Å². The van der Waals surface area contributed by atoms with Crippen molar-refractivity contribution in [2.45, 2.75) is 30.7 Å². The van der Waals surface area contributed by atoms with E-state index < -0.39 is 5.54 Å². The van der Waals surface area contributed by atoms with E-state index in [4.69, 9.17) is 5.73 Å². The molecule has 0 aromatic heterocycles. The zero-order chi connectivity index (χ0) is 11.9. The van der Waals surface area contributed by atoms with Gasteiger partial charge in [0.2, 0.25) is 5.91 Å². The van der Waals surface area contributed by atoms with Crippen molar-refractivity contribution in [3.05, 3.63) is 35.9 Å². The molecular formula is C14H18N2O. The van der Waals surface area contributed by atoms with Crippen LogP contribution in [0.2, 0.25) is 0 Å². The number of nitrogens with two attached hydrogens (primary N) is 1. The number of amides is 1. The number of carbonyl (C=O) groups is 1. The van der Waals surface area contributed by atoms with E-state index in [0.29, 0.717) is 5.92 Å². The molecule has 1 atom stereocenters. The van der Waals surface area contributed by atoms with E-state index in [0.717, 1.165) is 32.4 Å². The molecule has 2 fully saturated rings. The van der Waals surface area contributed by atoms with Crippen molar-refractivity contribution < 1.29 is 4.79 Å². The van der Waals surface area contributed by atoms with Crippen LogP contribution in [0.5, 0.6) is 0 Å². The van der Waals surface area contributed by atoms with Gasteiger partial charge in [0.15, 0.2) is 0 Å². The quantitative estimate of drug-likeness (QED) is 0.836. The predicted molar refractivity (Wildman–Crippen MR) is 66.5 cm³/mol. The molecule has 1 saturated carbocycles. The average Bonchev–Trinajstić information content (AvgIpc) is 2.95. The number of hydrogen-bond acceptors (Lipinski definition) is 2. The highest BCUT2D eigenvalue weighted by Crippen LogP contribution is 2.37. The van der Waals surface area contributed by atoms with Crippen molar-refractivity contribution in [1.82, 2.24) is 4.90 Å². The van der Waals surface area contributed by atoms with Gasteiger partial charge in [-0.3, -0.25) is 4.79 Å². The molecule has 1 aliphatic carbocycles. The Hall–Kier alpha value is -1.35. The van der Waals surface area contributed by atoms with E-state index >= 15 is 0 Å². The maximum atomic E-state index is 12.1. The summed E-state index contributed by atoms with van der Waals surface area (Å²) in [6.45, 7) is 1.69. The van der Waals surface area contributed by atoms with Crippen molar-refractivity contribution in [2.75, 3.05) is 13.1 Å². The number of hydrogen-bond donors (Lipinski definition) is 1. The molecule has 0 spiro atoms. The molecule has 0 bridgehead atoms. The standard InChI is InChI=1S/C14H18N2O/c15-14(7-8-14)13(17)16-9-6-12(10-16)11-4-2-1-3-5-11/h1-5,12H,6-10,15H2. The molecule has 1 aliphatic heterocycles. The maximum absolute atomic E-state index is 12.1. The summed E-state index contributed by atoms with van der Waals surface area (Å²) in [5, 5.41) is 0. The molecule has 3 rings (SSSR count). The van der Waals surface area contributed by atoms with E-state index in [2.05, 4.69) is 24.3 Å². The van der Waals surface area contributed by atoms with E-state index in [-0.39, 0.29) is 5.91 Å². The van der Waals surface area contributed by atoms with Crippen molar-refractivity contribution in [2.24, 2.45) is 5.73 Å². The molecule has 2 aliphatic rings. The van der Waals surface area contributed by atoms with Gasteiger partial charge < -0.3 is 10.6 Å². The number of nitrogens with zero attached hydrogens (tertiary/aromatic N) is 1. The van der Waals surface area contributed by atoms with Gasteiger partial charge >= 0.3 is 0 Å². The molecule has 17 heavy (non-hydrogen) atoms. The van der Waals surface area contributed by atoms with E-state index in [9.17, 15) is 4.79 Å². The summed E-state index contributed by atoms with van der Waals surface area (Å²) < 4.78 is 0. The Kier molecular flexibility index (Phi) is 2.44. The molecular weight excluding hydrogens is 212 g/mol. The Morgan fingerprint density at radius 2 is 2.00 bits per heavy atom. The molecule has 90 valence electrons. The Morgan fingerprint density at radius 1 is 1.29 bits per heavy atom. The zero-order valence-electron chi connectivity index (χ0n) is 9.93. The van der Waals surface area contributed by atoms with Crippen LogP contribution < -0.4 is 5.73 Å². The van der Waals surface area contributed by atoms with Gasteiger partial charge in [-0.2, -0.15) is 0 Å². The number of benzene rings is 1. The second-order valence-electron chi connectivity index (χ2n) is 5.30. The summed E-state index contributed by atoms with van der Waals surface area (Å²) >= 11 is 0. The van der Waals surface area contributed by atoms with Crippen molar-refractivity contribution >= 4 is 5.91 Å². The van der Waals surface area contributed by atoms with Crippen molar-refractivity contribution in [3.63, 3.8) is 0 Å². The van der Waals surface area contributed by atoms with Gasteiger partial charge in [0.25, 0.3) is 0 Å². The van der Waals surface area contributed by atoms with Crippen molar-refractivity contribution in [1.29, 1.82) is 0 Å². The van der Waals surface area contributed by atoms with Crippen LogP contribution >= 0.6 is 0 Å². The van der Waals surface area contributed by atoms with Crippen LogP contribution in [-0.4, -0.2) is 29.4 Å². The topological polar surface area (TPSA) is 46.3 Å². The minimum atomic E-state index is -0.508. The highest BCUT2D eigenvalue weighted by molar-refractivity contribution is 5.89. The van der Waals surface area contributed by atoms with Crippen LogP contribution in [0.15, 0.2) is 30.3 Å². The molecule has 1 aromatic carbocycles. The normalized spacial score (nSPS) is 25.9. The summed E-state index contributed by atoms with van der Waals surface area (Å²) in [5.74, 6) is 0.651. The number of likely N-dealkylation sites (tertiary alicyclic amines) is 1. The first-order valence-corrected chi connectivity index (χ1v) is 6.32. The first-order chi connectivity index (χ1) is 8.19. The fourth-order valence-electron chi connectivity index (χ4n) is 2.61. The Bertz CT molecular complexity index is 425. The third-order valence-corrected chi connectivity index (χ3v) is 3.96. The minimum Gasteiger partial charge on any atom is -0.340 e. The molecule has 3 heteroatoms. The van der Waals surface area contributed by atoms with Gasteiger partial charge in [-0.1, -0.05) is 30.3 Å². The maximum Gasteiger partial charge on any atom is 0.242 e. The SMILES string of the molecule is NC1(C(=O)N2CCC(c3ccccc3)C2)CC1. The Balaban J connectivity index is 1.68. The highest BCUT2D eigenvalue weighted by atomic mass is 16.2. The fraction of sp³-hybridized carbons (Fsp3) is 0.500. The van der Waals surface area contributed by atoms with E-state index in [1.807, 2.05) is 11.0 Å². The summed E-state index contributed by atoms with van der Waals surface area (Å²) in [5.41, 5.74) is 6.79. The molecule has 1 unspecified atom stereocenters. The van der Waals surface area contributed by atoms with Crippen LogP contribution in [0.3, 0.4) is 0 Å². The fourth-order valence-corrected chi connectivity index (χ4v) is 2.61. The summed E-state index contributed by atoms with van der Waals surface area (Å²) in [6, 6.07) is 10.4. The first kappa shape index (κ1) is 10.8. The second kappa shape index (κ2) is 3.84. The monoisotopic (exact) mass is 230 g/mol. The van der Waals surface area contributed by atoms with Gasteiger partial charge in [0.1, 0.15) is 0 Å². The molecule has 2 N–H and O–H groups in total. The number of carbonyl (C=O) groups excluding carboxylic acids is 1. The summed E-state index contributed by atoms with van der Waals surface area (Å²) in [7, 11) is 0. The Labute approximate surface area is 102 Å². The first-order valence-electron chi connectivity index (χ1n) is 6.32. The van der Waals surface area contributed by atoms with Gasteiger partial charge in [-0.05, 0) is 24.8 Å². The van der Waals surface area contributed by atoms with Crippen LogP contribution in [0.1, 0.15) is 30.7 Å². The molecule has 1 saturated heterocycles. The smallest absolute Gasteiger partial charge is 0.242 e. The second-order valence-corrected chi connectivity index (χ2v) is 5.30. The van der Waals surface area contributed by atoms with Crippen molar-refractivity contribution in [3.8, 4) is 0 Å². The lowest BCUT2D eigenvalue weighted by Gasteiger charge is -2.20. The zero-order valence-corrected chi connectivity index (χ0v) is 9.93. The number of rotatable bonds is 2. The third kappa shape index (κ3) is 1.95. The van der Waals surface area contributed by atoms with Crippen LogP contribution in [0.4, 0.5) is 0 Å². The van der Waals surface area contributed by atoms with Crippen LogP contribution in [0.25, 0.3) is 0 Å². The predicted octanol–water partition coefficient (Wildman–Crippen LogP) is 1.49. The van der Waals surface area contributed by atoms with Gasteiger partial charge in [0.05, 0.1) is 5.54 Å². The lowest BCUT2D eigenvalue weighted by molar-refractivity contribution is -0.132. The Morgan fingerprint density at radius 3 is 2.65 bits per heavy atom. The van der Waals surface area contributed by atoms with E-state index in [1.165, 1.54) is 5.56 Å². The molecule has 0 radical (unpaired) electrons. The highest BCUT2D eigenvalue weighted by Gasteiger charge is 2.49. The van der Waals surface area contributed by atoms with Gasteiger partial charge in [-0.15, -0.1) is 0 Å². The third-order valence-electron chi connectivity index (χ3n) is 3.96. The minimum absolute atomic E-state index is 0.163. The van der Waals surface area contributed by atoms with Crippen LogP contribution in [-0.2, 0) is 4.79 Å². The summed E-state index contributed by atoms with van der Waals surface area (Å²) in [6.07, 6.45) is 2.78. The molecule has 3 nitrogen and oxygen atoms in total. The molecule has 1 heterocycles.